The van der Waals surface area contributed by atoms with Crippen molar-refractivity contribution in [1.82, 2.24) is 4.98 Å². The predicted molar refractivity (Wildman–Crippen MR) is 125 cm³/mol. The zero-order valence-electron chi connectivity index (χ0n) is 20.7. The van der Waals surface area contributed by atoms with E-state index in [0.29, 0.717) is 28.3 Å². The Bertz CT molecular complexity index is 1120. The lowest BCUT2D eigenvalue weighted by atomic mass is 9.59. The van der Waals surface area contributed by atoms with Gasteiger partial charge in [0.1, 0.15) is 6.10 Å². The van der Waals surface area contributed by atoms with E-state index in [-0.39, 0.29) is 28.6 Å². The molecule has 0 aromatic carbocycles. The lowest BCUT2D eigenvalue weighted by molar-refractivity contribution is -0.190. The van der Waals surface area contributed by atoms with E-state index in [4.69, 9.17) is 4.74 Å². The van der Waals surface area contributed by atoms with E-state index in [1.165, 1.54) is 0 Å². The van der Waals surface area contributed by atoms with Crippen molar-refractivity contribution >= 4 is 11.8 Å². The molecule has 1 heterocycles. The molecule has 8 atom stereocenters. The molecule has 0 radical (unpaired) electrons. The number of Topliss-reactive ketones (excluding diaryl/α,β-unsaturated/α-hetero) is 1. The van der Waals surface area contributed by atoms with E-state index in [0.717, 1.165) is 6.42 Å². The maximum atomic E-state index is 14.3. The predicted octanol–water partition coefficient (Wildman–Crippen LogP) is 2.62. The summed E-state index contributed by atoms with van der Waals surface area (Å²) in [7, 11) is 0. The fourth-order valence-corrected chi connectivity index (χ4v) is 7.73. The van der Waals surface area contributed by atoms with Crippen molar-refractivity contribution < 1.29 is 29.6 Å². The van der Waals surface area contributed by atoms with Crippen LogP contribution in [0.3, 0.4) is 0 Å². The highest BCUT2D eigenvalue weighted by Crippen LogP contribution is 2.71. The van der Waals surface area contributed by atoms with Crippen LogP contribution in [-0.2, 0) is 9.53 Å². The third-order valence-electron chi connectivity index (χ3n) is 9.60. The lowest BCUT2D eigenvalue weighted by Gasteiger charge is -2.48. The molecule has 2 saturated carbocycles. The van der Waals surface area contributed by atoms with E-state index in [1.807, 2.05) is 6.92 Å². The Hall–Kier alpha value is -2.22. The van der Waals surface area contributed by atoms with Crippen LogP contribution >= 0.6 is 0 Å². The van der Waals surface area contributed by atoms with E-state index >= 15 is 0 Å². The molecule has 5 rings (SSSR count). The number of allylic oxidation sites excluding steroid dienone is 1. The molecule has 2 bridgehead atoms. The van der Waals surface area contributed by atoms with Crippen molar-refractivity contribution in [3.8, 4) is 0 Å². The number of fused-ring (bicyclic) bond motifs is 3. The number of carbonyl (C=O) groups is 2. The van der Waals surface area contributed by atoms with Crippen molar-refractivity contribution in [3.63, 3.8) is 0 Å². The number of carbonyl (C=O) groups excluding carboxylic acids is 2. The molecule has 34 heavy (non-hydrogen) atoms. The number of ketones is 1. The molecule has 1 spiro atoms. The topological polar surface area (TPSA) is 120 Å². The normalized spacial score (nSPS) is 42.1. The molecule has 1 aromatic heterocycles. The highest BCUT2D eigenvalue weighted by molar-refractivity contribution is 5.96. The molecule has 0 aliphatic heterocycles. The van der Waals surface area contributed by atoms with Crippen molar-refractivity contribution in [2.45, 2.75) is 65.8 Å². The van der Waals surface area contributed by atoms with E-state index < -0.39 is 41.7 Å². The lowest BCUT2D eigenvalue weighted by Crippen LogP contribution is -2.65. The summed E-state index contributed by atoms with van der Waals surface area (Å²) in [6.07, 6.45) is 3.06. The molecule has 4 aliphatic rings. The summed E-state index contributed by atoms with van der Waals surface area (Å²) >= 11 is 0. The number of rotatable bonds is 3. The van der Waals surface area contributed by atoms with E-state index in [1.54, 1.807) is 39.1 Å². The molecule has 4 N–H and O–H groups in total. The minimum absolute atomic E-state index is 0.0345. The highest BCUT2D eigenvalue weighted by Gasteiger charge is 2.76. The van der Waals surface area contributed by atoms with Gasteiger partial charge in [-0.2, -0.15) is 0 Å². The number of aliphatic hydroxyl groups excluding tert-OH is 2. The number of hydrogen-bond acceptors (Lipinski definition) is 6. The fourth-order valence-electron chi connectivity index (χ4n) is 7.73. The molecule has 0 unspecified atom stereocenters. The minimum Gasteiger partial charge on any atom is -0.451 e. The van der Waals surface area contributed by atoms with Crippen LogP contribution in [0.2, 0.25) is 0 Å². The van der Waals surface area contributed by atoms with Crippen LogP contribution in [0.1, 0.15) is 55.7 Å². The maximum Gasteiger partial charge on any atom is 0.340 e. The molecule has 0 saturated heterocycles. The van der Waals surface area contributed by atoms with Gasteiger partial charge in [0.2, 0.25) is 0 Å². The number of aliphatic hydroxyl groups is 3. The molecular weight excluding hydrogens is 434 g/mol. The fraction of sp³-hybridized carbons (Fsp3) is 0.630. The van der Waals surface area contributed by atoms with Crippen molar-refractivity contribution in [1.29, 1.82) is 0 Å². The first-order valence-electron chi connectivity index (χ1n) is 12.1. The molecule has 4 aliphatic carbocycles. The maximum absolute atomic E-state index is 14.3. The molecule has 1 aromatic rings. The van der Waals surface area contributed by atoms with Crippen LogP contribution in [0.4, 0.5) is 0 Å². The van der Waals surface area contributed by atoms with Gasteiger partial charge in [0.25, 0.3) is 0 Å². The van der Waals surface area contributed by atoms with Crippen molar-refractivity contribution in [3.05, 3.63) is 46.3 Å². The van der Waals surface area contributed by atoms with Gasteiger partial charge in [-0.3, -0.25) is 4.79 Å². The van der Waals surface area contributed by atoms with Crippen LogP contribution in [-0.4, -0.2) is 56.5 Å². The molecule has 184 valence electrons. The first-order valence-corrected chi connectivity index (χ1v) is 12.1. The second kappa shape index (κ2) is 7.15. The standard InChI is InChI=1S/C27H35NO6/c1-12-9-26-14(3)7-18-20(25(18,5)6)17(22(26)31)8-16(11-29)21(30)27(26,33)23(12)34-24(32)19-13(2)10-28-15(19)4/h8-10,14,17-18,20-21,23,28-30,33H,7,11H2,1-6H3/t14-,17+,18-,20+,21-,23+,26+,27+/m1/s1. The summed E-state index contributed by atoms with van der Waals surface area (Å²) in [6, 6.07) is 0. The Labute approximate surface area is 199 Å². The molecule has 2 fully saturated rings. The average Bonchev–Trinajstić information content (AvgIpc) is 3.05. The summed E-state index contributed by atoms with van der Waals surface area (Å²) in [5, 5.41) is 34.1. The van der Waals surface area contributed by atoms with Crippen LogP contribution < -0.4 is 0 Å². The number of aromatic amines is 1. The summed E-state index contributed by atoms with van der Waals surface area (Å²) in [6.45, 7) is 11.0. The van der Waals surface area contributed by atoms with Gasteiger partial charge in [0, 0.05) is 17.8 Å². The molecule has 7 nitrogen and oxygen atoms in total. The third-order valence-corrected chi connectivity index (χ3v) is 9.60. The van der Waals surface area contributed by atoms with Crippen LogP contribution in [0.5, 0.6) is 0 Å². The summed E-state index contributed by atoms with van der Waals surface area (Å²) < 4.78 is 5.93. The summed E-state index contributed by atoms with van der Waals surface area (Å²) in [5.74, 6) is -1.22. The average molecular weight is 470 g/mol. The van der Waals surface area contributed by atoms with Gasteiger partial charge in [-0.05, 0) is 67.1 Å². The summed E-state index contributed by atoms with van der Waals surface area (Å²) in [4.78, 5) is 30.6. The zero-order valence-corrected chi connectivity index (χ0v) is 20.7. The van der Waals surface area contributed by atoms with Crippen LogP contribution in [0, 0.1) is 48.3 Å². The second-order valence-corrected chi connectivity index (χ2v) is 11.6. The Morgan fingerprint density at radius 1 is 1.26 bits per heavy atom. The smallest absolute Gasteiger partial charge is 0.340 e. The van der Waals surface area contributed by atoms with Crippen molar-refractivity contribution in [2.75, 3.05) is 6.61 Å². The van der Waals surface area contributed by atoms with Gasteiger partial charge in [0.15, 0.2) is 17.5 Å². The summed E-state index contributed by atoms with van der Waals surface area (Å²) in [5.41, 5.74) is -1.11. The number of aryl methyl sites for hydroxylation is 2. The Balaban J connectivity index is 1.65. The number of H-pyrrole nitrogens is 1. The number of aromatic nitrogens is 1. The van der Waals surface area contributed by atoms with Crippen molar-refractivity contribution in [2.24, 2.45) is 34.5 Å². The van der Waals surface area contributed by atoms with Gasteiger partial charge in [0.05, 0.1) is 17.6 Å². The van der Waals surface area contributed by atoms with Gasteiger partial charge in [-0.25, -0.2) is 4.79 Å². The SMILES string of the molecule is CC1=C[C@]23C(=O)[C@@H](C=C(CO)[C@@H](O)[C@]2(O)[C@H]1OC(=O)c1c(C)c[nH]c1C)[C@H]1[C@@H](C[C@H]3C)C1(C)C. The first kappa shape index (κ1) is 23.5. The van der Waals surface area contributed by atoms with E-state index in [2.05, 4.69) is 18.8 Å². The van der Waals surface area contributed by atoms with Gasteiger partial charge in [-0.15, -0.1) is 0 Å². The Morgan fingerprint density at radius 2 is 1.94 bits per heavy atom. The monoisotopic (exact) mass is 469 g/mol. The van der Waals surface area contributed by atoms with Gasteiger partial charge < -0.3 is 25.0 Å². The minimum atomic E-state index is -2.12. The van der Waals surface area contributed by atoms with Gasteiger partial charge in [-0.1, -0.05) is 32.9 Å². The molecule has 7 heteroatoms. The van der Waals surface area contributed by atoms with Crippen LogP contribution in [0.25, 0.3) is 0 Å². The van der Waals surface area contributed by atoms with Crippen LogP contribution in [0.15, 0.2) is 29.5 Å². The number of esters is 1. The molecule has 0 amide bonds. The van der Waals surface area contributed by atoms with Gasteiger partial charge >= 0.3 is 5.97 Å². The third kappa shape index (κ3) is 2.63. The zero-order chi connectivity index (χ0) is 25.0. The quantitative estimate of drug-likeness (QED) is 0.399. The first-order chi connectivity index (χ1) is 15.8. The number of nitrogens with one attached hydrogen (secondary N) is 1. The van der Waals surface area contributed by atoms with E-state index in [9.17, 15) is 24.9 Å². The Kier molecular flexibility index (Phi) is 4.95. The second-order valence-electron chi connectivity index (χ2n) is 11.6. The largest absolute Gasteiger partial charge is 0.451 e. The number of ether oxygens (including phenoxy) is 1. The Morgan fingerprint density at radius 3 is 2.53 bits per heavy atom. The highest BCUT2D eigenvalue weighted by atomic mass is 16.6. The number of hydrogen-bond donors (Lipinski definition) is 4. The molecular formula is C27H35NO6.